The minimum atomic E-state index is -0.543. The van der Waals surface area contributed by atoms with Crippen LogP contribution in [-0.2, 0) is 17.9 Å². The fourth-order valence-corrected chi connectivity index (χ4v) is 3.86. The van der Waals surface area contributed by atoms with Gasteiger partial charge in [-0.2, -0.15) is 0 Å². The molecule has 1 amide bonds. The van der Waals surface area contributed by atoms with E-state index in [1.54, 1.807) is 48.5 Å². The lowest BCUT2D eigenvalue weighted by molar-refractivity contribution is -0.116. The molecular weight excluding hydrogens is 438 g/mol. The number of rotatable bonds is 6. The number of halogens is 1. The minimum Gasteiger partial charge on any atom is -0.325 e. The van der Waals surface area contributed by atoms with Gasteiger partial charge in [-0.25, -0.2) is 4.79 Å². The Kier molecular flexibility index (Phi) is 6.47. The van der Waals surface area contributed by atoms with Crippen LogP contribution in [0.4, 0.5) is 5.69 Å². The summed E-state index contributed by atoms with van der Waals surface area (Å²) in [6.45, 7) is 4.07. The van der Waals surface area contributed by atoms with Crippen molar-refractivity contribution in [1.29, 1.82) is 0 Å². The molecule has 6 nitrogen and oxygen atoms in total. The van der Waals surface area contributed by atoms with Crippen molar-refractivity contribution in [2.75, 3.05) is 5.32 Å². The van der Waals surface area contributed by atoms with Gasteiger partial charge in [-0.05, 0) is 53.4 Å². The number of anilines is 1. The maximum Gasteiger partial charge on any atom is 0.332 e. The number of carbonyl (C=O) groups excluding carboxylic acids is 1. The molecule has 0 saturated carbocycles. The van der Waals surface area contributed by atoms with Crippen molar-refractivity contribution in [3.63, 3.8) is 0 Å². The van der Waals surface area contributed by atoms with Gasteiger partial charge < -0.3 is 5.32 Å². The van der Waals surface area contributed by atoms with Gasteiger partial charge in [0.05, 0.1) is 17.4 Å². The van der Waals surface area contributed by atoms with Gasteiger partial charge in [0.2, 0.25) is 5.91 Å². The van der Waals surface area contributed by atoms with Gasteiger partial charge in [0.15, 0.2) is 0 Å². The lowest BCUT2D eigenvalue weighted by atomic mass is 10.0. The van der Waals surface area contributed by atoms with E-state index in [4.69, 9.17) is 11.6 Å². The van der Waals surface area contributed by atoms with Crippen LogP contribution in [0.2, 0.25) is 5.02 Å². The van der Waals surface area contributed by atoms with Crippen LogP contribution in [-0.4, -0.2) is 15.0 Å². The van der Waals surface area contributed by atoms with E-state index in [1.165, 1.54) is 10.1 Å². The molecule has 1 heterocycles. The molecule has 4 aromatic rings. The molecule has 0 aliphatic heterocycles. The van der Waals surface area contributed by atoms with Crippen molar-refractivity contribution in [1.82, 2.24) is 9.13 Å². The largest absolute Gasteiger partial charge is 0.332 e. The number of amides is 1. The van der Waals surface area contributed by atoms with Crippen LogP contribution in [0.25, 0.3) is 10.9 Å². The van der Waals surface area contributed by atoms with Gasteiger partial charge in [-0.15, -0.1) is 0 Å². The summed E-state index contributed by atoms with van der Waals surface area (Å²) in [7, 11) is 0. The molecule has 168 valence electrons. The zero-order chi connectivity index (χ0) is 23.5. The molecular formula is C26H24ClN3O3. The summed E-state index contributed by atoms with van der Waals surface area (Å²) >= 11 is 5.95. The van der Waals surface area contributed by atoms with Gasteiger partial charge in [0, 0.05) is 10.7 Å². The van der Waals surface area contributed by atoms with Crippen molar-refractivity contribution in [2.45, 2.75) is 32.9 Å². The Morgan fingerprint density at radius 2 is 1.58 bits per heavy atom. The zero-order valence-corrected chi connectivity index (χ0v) is 19.2. The third-order valence-electron chi connectivity index (χ3n) is 5.55. The average molecular weight is 462 g/mol. The molecule has 7 heteroatoms. The van der Waals surface area contributed by atoms with Crippen LogP contribution in [0, 0.1) is 0 Å². The highest BCUT2D eigenvalue weighted by Crippen LogP contribution is 2.17. The normalized spacial score (nSPS) is 11.2. The monoisotopic (exact) mass is 461 g/mol. The SMILES string of the molecule is CC(C)c1ccc(NC(=O)Cn2c(=O)n(Cc3ccc(Cl)cc3)c(=O)c3ccccc32)cc1. The van der Waals surface area contributed by atoms with Gasteiger partial charge in [0.1, 0.15) is 6.54 Å². The number of nitrogens with one attached hydrogen (secondary N) is 1. The van der Waals surface area contributed by atoms with Gasteiger partial charge in [-0.1, -0.05) is 61.8 Å². The molecule has 0 aliphatic carbocycles. The number of carbonyl (C=O) groups is 1. The van der Waals surface area contributed by atoms with Crippen LogP contribution in [0.5, 0.6) is 0 Å². The quantitative estimate of drug-likeness (QED) is 0.455. The Labute approximate surface area is 196 Å². The Morgan fingerprint density at radius 3 is 2.24 bits per heavy atom. The first-order valence-corrected chi connectivity index (χ1v) is 11.1. The molecule has 1 N–H and O–H groups in total. The van der Waals surface area contributed by atoms with E-state index in [0.717, 1.165) is 10.1 Å². The topological polar surface area (TPSA) is 73.1 Å². The predicted molar refractivity (Wildman–Crippen MR) is 132 cm³/mol. The molecule has 0 aliphatic rings. The number of hydrogen-bond acceptors (Lipinski definition) is 3. The number of para-hydroxylation sites is 1. The molecule has 0 atom stereocenters. The molecule has 1 aromatic heterocycles. The summed E-state index contributed by atoms with van der Waals surface area (Å²) < 4.78 is 2.49. The van der Waals surface area contributed by atoms with E-state index in [9.17, 15) is 14.4 Å². The van der Waals surface area contributed by atoms with Crippen molar-refractivity contribution in [3.8, 4) is 0 Å². The molecule has 0 unspecified atom stereocenters. The van der Waals surface area contributed by atoms with E-state index in [0.29, 0.717) is 27.5 Å². The second-order valence-corrected chi connectivity index (χ2v) is 8.66. The van der Waals surface area contributed by atoms with Crippen molar-refractivity contribution in [2.24, 2.45) is 0 Å². The second-order valence-electron chi connectivity index (χ2n) is 8.23. The molecule has 4 rings (SSSR count). The molecule has 0 fully saturated rings. The number of nitrogens with zero attached hydrogens (tertiary/aromatic N) is 2. The molecule has 0 saturated heterocycles. The standard InChI is InChI=1S/C26H24ClN3O3/c1-17(2)19-9-13-21(14-10-19)28-24(31)16-29-23-6-4-3-5-22(23)25(32)30(26(29)33)15-18-7-11-20(27)12-8-18/h3-14,17H,15-16H2,1-2H3,(H,28,31). The van der Waals surface area contributed by atoms with E-state index < -0.39 is 11.2 Å². The Hall–Kier alpha value is -3.64. The maximum absolute atomic E-state index is 13.3. The Bertz CT molecular complexity index is 1420. The van der Waals surface area contributed by atoms with Crippen LogP contribution in [0.15, 0.2) is 82.4 Å². The number of benzene rings is 3. The number of aromatic nitrogens is 2. The molecule has 0 spiro atoms. The molecule has 3 aromatic carbocycles. The number of hydrogen-bond donors (Lipinski definition) is 1. The maximum atomic E-state index is 13.3. The first-order chi connectivity index (χ1) is 15.8. The highest BCUT2D eigenvalue weighted by molar-refractivity contribution is 6.30. The third kappa shape index (κ3) is 4.91. The Morgan fingerprint density at radius 1 is 0.909 bits per heavy atom. The van der Waals surface area contributed by atoms with Crippen LogP contribution in [0.1, 0.15) is 30.9 Å². The first-order valence-electron chi connectivity index (χ1n) is 10.7. The molecule has 33 heavy (non-hydrogen) atoms. The summed E-state index contributed by atoms with van der Waals surface area (Å²) in [5, 5.41) is 3.78. The smallest absolute Gasteiger partial charge is 0.325 e. The van der Waals surface area contributed by atoms with E-state index in [1.807, 2.05) is 24.3 Å². The van der Waals surface area contributed by atoms with Crippen molar-refractivity contribution < 1.29 is 4.79 Å². The van der Waals surface area contributed by atoms with E-state index in [2.05, 4.69) is 19.2 Å². The lowest BCUT2D eigenvalue weighted by Gasteiger charge is -2.14. The van der Waals surface area contributed by atoms with Crippen molar-refractivity contribution in [3.05, 3.63) is 110 Å². The lowest BCUT2D eigenvalue weighted by Crippen LogP contribution is -2.42. The highest BCUT2D eigenvalue weighted by atomic mass is 35.5. The van der Waals surface area contributed by atoms with Gasteiger partial charge in [-0.3, -0.25) is 18.7 Å². The van der Waals surface area contributed by atoms with E-state index in [-0.39, 0.29) is 19.0 Å². The summed E-state index contributed by atoms with van der Waals surface area (Å²) in [5.41, 5.74) is 2.06. The zero-order valence-electron chi connectivity index (χ0n) is 18.4. The number of fused-ring (bicyclic) bond motifs is 1. The molecule has 0 bridgehead atoms. The second kappa shape index (κ2) is 9.46. The summed E-state index contributed by atoms with van der Waals surface area (Å²) in [6.07, 6.45) is 0. The van der Waals surface area contributed by atoms with Crippen LogP contribution >= 0.6 is 11.6 Å². The fraction of sp³-hybridized carbons (Fsp3) is 0.192. The predicted octanol–water partition coefficient (Wildman–Crippen LogP) is 4.63. The fourth-order valence-electron chi connectivity index (χ4n) is 3.73. The van der Waals surface area contributed by atoms with Crippen LogP contribution < -0.4 is 16.6 Å². The third-order valence-corrected chi connectivity index (χ3v) is 5.80. The first kappa shape index (κ1) is 22.6. The van der Waals surface area contributed by atoms with Crippen molar-refractivity contribution >= 4 is 34.1 Å². The van der Waals surface area contributed by atoms with Gasteiger partial charge in [0.25, 0.3) is 5.56 Å². The summed E-state index contributed by atoms with van der Waals surface area (Å²) in [6, 6.07) is 21.4. The average Bonchev–Trinajstić information content (AvgIpc) is 2.81. The Balaban J connectivity index is 1.69. The van der Waals surface area contributed by atoms with Crippen LogP contribution in [0.3, 0.4) is 0 Å². The van der Waals surface area contributed by atoms with Gasteiger partial charge >= 0.3 is 5.69 Å². The summed E-state index contributed by atoms with van der Waals surface area (Å²) in [4.78, 5) is 39.2. The van der Waals surface area contributed by atoms with E-state index >= 15 is 0 Å². The highest BCUT2D eigenvalue weighted by Gasteiger charge is 2.16. The minimum absolute atomic E-state index is 0.0813. The molecule has 0 radical (unpaired) electrons. The summed E-state index contributed by atoms with van der Waals surface area (Å²) in [5.74, 6) is 0.0395.